The van der Waals surface area contributed by atoms with Crippen LogP contribution in [0.15, 0.2) is 77.7 Å². The molecule has 0 atom stereocenters. The SMILES string of the molecule is CN(C)C(=O)Sc1ccc(NC(=O)CCc2c(-c3ccc(F)cc3)[nH]c3ccccc23)cc1. The average Bonchev–Trinajstić information content (AvgIpc) is 3.18. The van der Waals surface area contributed by atoms with Gasteiger partial charge in [-0.3, -0.25) is 9.59 Å². The van der Waals surface area contributed by atoms with Crippen LogP contribution in [0.3, 0.4) is 0 Å². The molecule has 33 heavy (non-hydrogen) atoms. The normalized spacial score (nSPS) is 10.9. The van der Waals surface area contributed by atoms with E-state index in [9.17, 15) is 14.0 Å². The number of anilines is 1. The molecule has 168 valence electrons. The Hall–Kier alpha value is -3.58. The van der Waals surface area contributed by atoms with Crippen molar-refractivity contribution in [1.29, 1.82) is 0 Å². The molecule has 0 unspecified atom stereocenters. The fourth-order valence-electron chi connectivity index (χ4n) is 3.58. The summed E-state index contributed by atoms with van der Waals surface area (Å²) in [4.78, 5) is 30.2. The fraction of sp³-hybridized carbons (Fsp3) is 0.154. The maximum Gasteiger partial charge on any atom is 0.285 e. The zero-order valence-corrected chi connectivity index (χ0v) is 19.2. The number of aryl methyl sites for hydroxylation is 1. The summed E-state index contributed by atoms with van der Waals surface area (Å²) in [5, 5.41) is 3.92. The summed E-state index contributed by atoms with van der Waals surface area (Å²) in [7, 11) is 3.41. The molecule has 0 fully saturated rings. The Kier molecular flexibility index (Phi) is 6.79. The van der Waals surface area contributed by atoms with Crippen LogP contribution in [0.1, 0.15) is 12.0 Å². The minimum absolute atomic E-state index is 0.0533. The summed E-state index contributed by atoms with van der Waals surface area (Å²) in [6.07, 6.45) is 0.833. The minimum atomic E-state index is -0.286. The summed E-state index contributed by atoms with van der Waals surface area (Å²) >= 11 is 1.14. The number of nitrogens with zero attached hydrogens (tertiary/aromatic N) is 1. The van der Waals surface area contributed by atoms with Crippen LogP contribution >= 0.6 is 11.8 Å². The highest BCUT2D eigenvalue weighted by molar-refractivity contribution is 8.13. The average molecular weight is 462 g/mol. The maximum absolute atomic E-state index is 13.4. The van der Waals surface area contributed by atoms with Crippen molar-refractivity contribution in [2.75, 3.05) is 19.4 Å². The summed E-state index contributed by atoms with van der Waals surface area (Å²) in [5.74, 6) is -0.388. The number of rotatable bonds is 6. The highest BCUT2D eigenvalue weighted by Crippen LogP contribution is 2.31. The van der Waals surface area contributed by atoms with E-state index < -0.39 is 0 Å². The second kappa shape index (κ2) is 9.92. The first-order chi connectivity index (χ1) is 15.9. The number of carbonyl (C=O) groups excluding carboxylic acids is 2. The van der Waals surface area contributed by atoms with E-state index in [0.717, 1.165) is 44.4 Å². The minimum Gasteiger partial charge on any atom is -0.354 e. The summed E-state index contributed by atoms with van der Waals surface area (Å²) in [5.41, 5.74) is 4.47. The third kappa shape index (κ3) is 5.43. The fourth-order valence-corrected chi connectivity index (χ4v) is 4.24. The molecule has 5 nitrogen and oxygen atoms in total. The third-order valence-electron chi connectivity index (χ3n) is 5.26. The van der Waals surface area contributed by atoms with Gasteiger partial charge in [-0.2, -0.15) is 0 Å². The van der Waals surface area contributed by atoms with Gasteiger partial charge >= 0.3 is 0 Å². The summed E-state index contributed by atoms with van der Waals surface area (Å²) in [6, 6.07) is 21.5. The molecule has 0 aliphatic rings. The van der Waals surface area contributed by atoms with Crippen molar-refractivity contribution in [3.8, 4) is 11.3 Å². The lowest BCUT2D eigenvalue weighted by Crippen LogP contribution is -2.16. The molecule has 1 heterocycles. The lowest BCUT2D eigenvalue weighted by atomic mass is 10.0. The Morgan fingerprint density at radius 1 is 0.970 bits per heavy atom. The molecule has 7 heteroatoms. The van der Waals surface area contributed by atoms with E-state index in [0.29, 0.717) is 18.5 Å². The number of benzene rings is 3. The molecular weight excluding hydrogens is 437 g/mol. The van der Waals surface area contributed by atoms with E-state index >= 15 is 0 Å². The van der Waals surface area contributed by atoms with Crippen molar-refractivity contribution in [2.24, 2.45) is 0 Å². The zero-order valence-electron chi connectivity index (χ0n) is 18.4. The standard InChI is InChI=1S/C26H24FN3O2S/c1-30(2)26(32)33-20-13-11-19(12-14-20)28-24(31)16-15-22-21-5-3-4-6-23(21)29-25(22)17-7-9-18(27)10-8-17/h3-14,29H,15-16H2,1-2H3,(H,28,31). The summed E-state index contributed by atoms with van der Waals surface area (Å²) in [6.45, 7) is 0. The molecule has 2 amide bonds. The second-order valence-corrected chi connectivity index (χ2v) is 8.89. The number of hydrogen-bond acceptors (Lipinski definition) is 3. The number of aromatic nitrogens is 1. The Labute approximate surface area is 196 Å². The zero-order chi connectivity index (χ0) is 23.4. The number of aromatic amines is 1. The predicted molar refractivity (Wildman–Crippen MR) is 132 cm³/mol. The van der Waals surface area contributed by atoms with Gasteiger partial charge in [-0.1, -0.05) is 18.2 Å². The molecule has 0 radical (unpaired) electrons. The van der Waals surface area contributed by atoms with Crippen LogP contribution in [0, 0.1) is 5.82 Å². The number of carbonyl (C=O) groups is 2. The van der Waals surface area contributed by atoms with Crippen molar-refractivity contribution in [3.05, 3.63) is 84.2 Å². The van der Waals surface area contributed by atoms with Crippen LogP contribution in [-0.4, -0.2) is 35.1 Å². The Morgan fingerprint density at radius 3 is 2.36 bits per heavy atom. The van der Waals surface area contributed by atoms with Crippen molar-refractivity contribution >= 4 is 39.5 Å². The smallest absolute Gasteiger partial charge is 0.285 e. The molecule has 0 aliphatic heterocycles. The van der Waals surface area contributed by atoms with Crippen molar-refractivity contribution in [3.63, 3.8) is 0 Å². The molecule has 0 aliphatic carbocycles. The number of halogens is 1. The first-order valence-corrected chi connectivity index (χ1v) is 11.4. The van der Waals surface area contributed by atoms with Crippen LogP contribution in [0.2, 0.25) is 0 Å². The number of fused-ring (bicyclic) bond motifs is 1. The number of amides is 2. The molecule has 1 aromatic heterocycles. The van der Waals surface area contributed by atoms with Crippen LogP contribution in [0.4, 0.5) is 14.9 Å². The maximum atomic E-state index is 13.4. The van der Waals surface area contributed by atoms with E-state index in [1.165, 1.54) is 17.0 Å². The molecule has 0 bridgehead atoms. The molecule has 0 spiro atoms. The number of thioether (sulfide) groups is 1. The first-order valence-electron chi connectivity index (χ1n) is 10.6. The number of H-pyrrole nitrogens is 1. The lowest BCUT2D eigenvalue weighted by molar-refractivity contribution is -0.116. The van der Waals surface area contributed by atoms with Gasteiger partial charge in [0.05, 0.1) is 0 Å². The number of nitrogens with one attached hydrogen (secondary N) is 2. The van der Waals surface area contributed by atoms with Gasteiger partial charge in [-0.05, 0) is 83.9 Å². The molecular formula is C26H24FN3O2S. The van der Waals surface area contributed by atoms with Crippen molar-refractivity contribution in [1.82, 2.24) is 9.88 Å². The topological polar surface area (TPSA) is 65.2 Å². The monoisotopic (exact) mass is 461 g/mol. The lowest BCUT2D eigenvalue weighted by Gasteiger charge is -2.10. The van der Waals surface area contributed by atoms with Gasteiger partial charge in [-0.25, -0.2) is 4.39 Å². The van der Waals surface area contributed by atoms with Gasteiger partial charge in [0.15, 0.2) is 0 Å². The van der Waals surface area contributed by atoms with Gasteiger partial charge in [0, 0.05) is 47.7 Å². The summed E-state index contributed by atoms with van der Waals surface area (Å²) < 4.78 is 13.4. The molecule has 0 saturated heterocycles. The predicted octanol–water partition coefficient (Wildman–Crippen LogP) is 6.32. The Balaban J connectivity index is 1.46. The van der Waals surface area contributed by atoms with Gasteiger partial charge in [0.25, 0.3) is 5.24 Å². The van der Waals surface area contributed by atoms with E-state index in [4.69, 9.17) is 0 Å². The van der Waals surface area contributed by atoms with Gasteiger partial charge in [0.1, 0.15) is 5.82 Å². The van der Waals surface area contributed by atoms with E-state index in [2.05, 4.69) is 10.3 Å². The molecule has 4 aromatic rings. The van der Waals surface area contributed by atoms with Crippen LogP contribution in [-0.2, 0) is 11.2 Å². The number of para-hydroxylation sites is 1. The van der Waals surface area contributed by atoms with Crippen LogP contribution < -0.4 is 5.32 Å². The second-order valence-electron chi connectivity index (χ2n) is 7.87. The van der Waals surface area contributed by atoms with Crippen molar-refractivity contribution < 1.29 is 14.0 Å². The van der Waals surface area contributed by atoms with E-state index in [1.807, 2.05) is 36.4 Å². The van der Waals surface area contributed by atoms with Crippen molar-refractivity contribution in [2.45, 2.75) is 17.7 Å². The largest absolute Gasteiger partial charge is 0.354 e. The van der Waals surface area contributed by atoms with E-state index in [1.54, 1.807) is 38.4 Å². The van der Waals surface area contributed by atoms with E-state index in [-0.39, 0.29) is 17.0 Å². The highest BCUT2D eigenvalue weighted by Gasteiger charge is 2.15. The molecule has 4 rings (SSSR count). The van der Waals surface area contributed by atoms with Gasteiger partial charge in [-0.15, -0.1) is 0 Å². The highest BCUT2D eigenvalue weighted by atomic mass is 32.2. The molecule has 2 N–H and O–H groups in total. The first kappa shape index (κ1) is 22.6. The van der Waals surface area contributed by atoms with Gasteiger partial charge < -0.3 is 15.2 Å². The molecule has 0 saturated carbocycles. The third-order valence-corrected chi connectivity index (χ3v) is 6.30. The van der Waals surface area contributed by atoms with Crippen LogP contribution in [0.5, 0.6) is 0 Å². The number of hydrogen-bond donors (Lipinski definition) is 2. The van der Waals surface area contributed by atoms with Gasteiger partial charge in [0.2, 0.25) is 5.91 Å². The Bertz CT molecular complexity index is 1280. The van der Waals surface area contributed by atoms with Crippen LogP contribution in [0.25, 0.3) is 22.2 Å². The molecule has 3 aromatic carbocycles. The quantitative estimate of drug-likeness (QED) is 0.330. The Morgan fingerprint density at radius 2 is 1.67 bits per heavy atom.